The molecule has 0 heterocycles. The summed E-state index contributed by atoms with van der Waals surface area (Å²) in [6, 6.07) is 4.60. The Morgan fingerprint density at radius 3 is 2.44 bits per heavy atom. The molecule has 0 aliphatic heterocycles. The minimum absolute atomic E-state index is 0. The summed E-state index contributed by atoms with van der Waals surface area (Å²) >= 11 is 0. The first kappa shape index (κ1) is 17.1. The molecule has 0 aliphatic carbocycles. The van der Waals surface area contributed by atoms with E-state index in [4.69, 9.17) is 10.5 Å². The number of methoxy groups -OCH3 is 1. The van der Waals surface area contributed by atoms with Crippen molar-refractivity contribution in [1.29, 1.82) is 0 Å². The number of nitrogens with two attached hydrogens (primary N) is 1. The van der Waals surface area contributed by atoms with Crippen LogP contribution in [0.5, 0.6) is 5.75 Å². The fourth-order valence-corrected chi connectivity index (χ4v) is 1.55. The highest BCUT2D eigenvalue weighted by Crippen LogP contribution is 2.28. The number of ether oxygens (including phenoxy) is 1. The molecule has 2 nitrogen and oxygen atoms in total. The molecule has 1 aromatic rings. The minimum Gasteiger partial charge on any atom is -0.496 e. The molecule has 0 aromatic heterocycles. The van der Waals surface area contributed by atoms with E-state index in [2.05, 4.69) is 0 Å². The van der Waals surface area contributed by atoms with Gasteiger partial charge in [-0.05, 0) is 30.5 Å². The normalized spacial score (nSPS) is 12.8. The zero-order chi connectivity index (χ0) is 13.1. The van der Waals surface area contributed by atoms with Crippen LogP contribution in [0.2, 0.25) is 0 Å². The first-order chi connectivity index (χ1) is 7.83. The molecular formula is C12H17ClF3NO. The molecule has 18 heavy (non-hydrogen) atoms. The van der Waals surface area contributed by atoms with E-state index >= 15 is 0 Å². The molecule has 1 rings (SSSR count). The number of hydrogen-bond donors (Lipinski definition) is 1. The fraction of sp³-hybridized carbons (Fsp3) is 0.500. The van der Waals surface area contributed by atoms with Gasteiger partial charge in [0.05, 0.1) is 7.11 Å². The van der Waals surface area contributed by atoms with Crippen LogP contribution < -0.4 is 10.5 Å². The Bertz CT molecular complexity index is 382. The molecule has 0 spiro atoms. The summed E-state index contributed by atoms with van der Waals surface area (Å²) in [7, 11) is 1.52. The summed E-state index contributed by atoms with van der Waals surface area (Å²) in [6.45, 7) is 1.86. The lowest BCUT2D eigenvalue weighted by molar-refractivity contribution is -0.136. The average molecular weight is 284 g/mol. The summed E-state index contributed by atoms with van der Waals surface area (Å²) in [5.74, 6) is 0.643. The number of hydrogen-bond acceptors (Lipinski definition) is 2. The molecule has 2 N–H and O–H groups in total. The molecule has 1 atom stereocenters. The van der Waals surface area contributed by atoms with Gasteiger partial charge in [-0.25, -0.2) is 0 Å². The van der Waals surface area contributed by atoms with Crippen LogP contribution in [0.1, 0.15) is 30.0 Å². The number of aryl methyl sites for hydroxylation is 1. The number of alkyl halides is 3. The third-order valence-corrected chi connectivity index (χ3v) is 2.60. The van der Waals surface area contributed by atoms with E-state index in [0.717, 1.165) is 5.56 Å². The van der Waals surface area contributed by atoms with E-state index in [0.29, 0.717) is 11.3 Å². The second kappa shape index (κ2) is 6.85. The molecule has 0 unspecified atom stereocenters. The number of rotatable bonds is 4. The standard InChI is InChI=1S/C12H16F3NO.ClH/c1-8-3-4-9(7-11(8)17-2)10(16)5-6-12(13,14)15;/h3-4,7,10H,5-6,16H2,1-2H3;1H/t10-;/m0./s1. The predicted molar refractivity (Wildman–Crippen MR) is 67.2 cm³/mol. The molecule has 1 aromatic carbocycles. The van der Waals surface area contributed by atoms with Gasteiger partial charge in [0.25, 0.3) is 0 Å². The highest BCUT2D eigenvalue weighted by Gasteiger charge is 2.27. The number of benzene rings is 1. The second-order valence-corrected chi connectivity index (χ2v) is 3.99. The second-order valence-electron chi connectivity index (χ2n) is 3.99. The lowest BCUT2D eigenvalue weighted by Crippen LogP contribution is -2.15. The zero-order valence-electron chi connectivity index (χ0n) is 10.3. The third kappa shape index (κ3) is 5.14. The van der Waals surface area contributed by atoms with Gasteiger partial charge >= 0.3 is 6.18 Å². The predicted octanol–water partition coefficient (Wildman–Crippen LogP) is 3.77. The Hall–Kier alpha value is -0.940. The summed E-state index contributed by atoms with van der Waals surface area (Å²) in [4.78, 5) is 0. The maximum atomic E-state index is 12.1. The Labute approximate surface area is 111 Å². The smallest absolute Gasteiger partial charge is 0.389 e. The Balaban J connectivity index is 0.00000289. The largest absolute Gasteiger partial charge is 0.496 e. The molecule has 0 bridgehead atoms. The Kier molecular flexibility index (Phi) is 6.49. The van der Waals surface area contributed by atoms with Gasteiger partial charge in [-0.1, -0.05) is 12.1 Å². The van der Waals surface area contributed by atoms with Crippen LogP contribution in [-0.4, -0.2) is 13.3 Å². The van der Waals surface area contributed by atoms with E-state index in [1.165, 1.54) is 7.11 Å². The summed E-state index contributed by atoms with van der Waals surface area (Å²) < 4.78 is 41.3. The SMILES string of the molecule is COc1cc([C@@H](N)CCC(F)(F)F)ccc1C.Cl. The highest BCUT2D eigenvalue weighted by molar-refractivity contribution is 5.85. The van der Waals surface area contributed by atoms with Crippen LogP contribution >= 0.6 is 12.4 Å². The summed E-state index contributed by atoms with van der Waals surface area (Å²) in [6.07, 6.45) is -5.15. The van der Waals surface area contributed by atoms with Gasteiger partial charge in [-0.15, -0.1) is 12.4 Å². The van der Waals surface area contributed by atoms with Gasteiger partial charge in [-0.2, -0.15) is 13.2 Å². The topological polar surface area (TPSA) is 35.2 Å². The van der Waals surface area contributed by atoms with E-state index in [9.17, 15) is 13.2 Å². The van der Waals surface area contributed by atoms with Gasteiger partial charge < -0.3 is 10.5 Å². The fourth-order valence-electron chi connectivity index (χ4n) is 1.55. The van der Waals surface area contributed by atoms with Crippen molar-refractivity contribution < 1.29 is 17.9 Å². The van der Waals surface area contributed by atoms with Crippen molar-refractivity contribution in [1.82, 2.24) is 0 Å². The van der Waals surface area contributed by atoms with Gasteiger partial charge in [-0.3, -0.25) is 0 Å². The lowest BCUT2D eigenvalue weighted by atomic mass is 10.0. The Morgan fingerprint density at radius 1 is 1.33 bits per heavy atom. The van der Waals surface area contributed by atoms with Crippen molar-refractivity contribution in [3.8, 4) is 5.75 Å². The van der Waals surface area contributed by atoms with E-state index < -0.39 is 18.6 Å². The summed E-state index contributed by atoms with van der Waals surface area (Å²) in [5.41, 5.74) is 7.31. The van der Waals surface area contributed by atoms with Crippen LogP contribution in [0.3, 0.4) is 0 Å². The minimum atomic E-state index is -4.16. The highest BCUT2D eigenvalue weighted by atomic mass is 35.5. The van der Waals surface area contributed by atoms with E-state index in [1.807, 2.05) is 6.92 Å². The molecular weight excluding hydrogens is 267 g/mol. The van der Waals surface area contributed by atoms with Crippen LogP contribution in [-0.2, 0) is 0 Å². The third-order valence-electron chi connectivity index (χ3n) is 2.60. The van der Waals surface area contributed by atoms with Crippen molar-refractivity contribution in [2.24, 2.45) is 5.73 Å². The van der Waals surface area contributed by atoms with E-state index in [-0.39, 0.29) is 18.8 Å². The quantitative estimate of drug-likeness (QED) is 0.913. The summed E-state index contributed by atoms with van der Waals surface area (Å²) in [5, 5.41) is 0. The number of halogens is 4. The Morgan fingerprint density at radius 2 is 1.94 bits per heavy atom. The van der Waals surface area contributed by atoms with Crippen LogP contribution in [0.4, 0.5) is 13.2 Å². The maximum Gasteiger partial charge on any atom is 0.389 e. The molecule has 104 valence electrons. The van der Waals surface area contributed by atoms with Crippen molar-refractivity contribution >= 4 is 12.4 Å². The van der Waals surface area contributed by atoms with Crippen LogP contribution in [0.25, 0.3) is 0 Å². The van der Waals surface area contributed by atoms with Gasteiger partial charge in [0, 0.05) is 12.5 Å². The molecule has 0 saturated carbocycles. The van der Waals surface area contributed by atoms with Gasteiger partial charge in [0.15, 0.2) is 0 Å². The average Bonchev–Trinajstić information content (AvgIpc) is 2.25. The van der Waals surface area contributed by atoms with Crippen LogP contribution in [0.15, 0.2) is 18.2 Å². The molecule has 6 heteroatoms. The lowest BCUT2D eigenvalue weighted by Gasteiger charge is -2.15. The zero-order valence-corrected chi connectivity index (χ0v) is 11.1. The van der Waals surface area contributed by atoms with Crippen molar-refractivity contribution in [3.63, 3.8) is 0 Å². The maximum absolute atomic E-state index is 12.1. The monoisotopic (exact) mass is 283 g/mol. The molecule has 0 amide bonds. The molecule has 0 fully saturated rings. The van der Waals surface area contributed by atoms with Crippen molar-refractivity contribution in [3.05, 3.63) is 29.3 Å². The van der Waals surface area contributed by atoms with Crippen LogP contribution in [0, 0.1) is 6.92 Å². The molecule has 0 radical (unpaired) electrons. The van der Waals surface area contributed by atoms with Crippen molar-refractivity contribution in [2.75, 3.05) is 7.11 Å². The first-order valence-electron chi connectivity index (χ1n) is 5.30. The molecule has 0 aliphatic rings. The molecule has 0 saturated heterocycles. The first-order valence-corrected chi connectivity index (χ1v) is 5.30. The van der Waals surface area contributed by atoms with Gasteiger partial charge in [0.1, 0.15) is 5.75 Å². The van der Waals surface area contributed by atoms with Crippen molar-refractivity contribution in [2.45, 2.75) is 32.0 Å². The van der Waals surface area contributed by atoms with Gasteiger partial charge in [0.2, 0.25) is 0 Å². The van der Waals surface area contributed by atoms with E-state index in [1.54, 1.807) is 18.2 Å².